The molecule has 0 amide bonds. The standard InChI is InChI=1S/C12H13F4NO/c13-7-1-4-9(10(5-7)12(14,15)16)11(18)6-17-8-2-3-8/h1,4-5,8,11,17-18H,2-3,6H2. The summed E-state index contributed by atoms with van der Waals surface area (Å²) in [7, 11) is 0. The summed E-state index contributed by atoms with van der Waals surface area (Å²) in [4.78, 5) is 0. The maximum atomic E-state index is 12.9. The molecule has 1 fully saturated rings. The number of hydrogen-bond donors (Lipinski definition) is 2. The van der Waals surface area contributed by atoms with Crippen LogP contribution in [0.5, 0.6) is 0 Å². The number of halogens is 4. The number of aliphatic hydroxyl groups excluding tert-OH is 1. The van der Waals surface area contributed by atoms with Crippen molar-refractivity contribution in [1.29, 1.82) is 0 Å². The van der Waals surface area contributed by atoms with E-state index in [1.165, 1.54) is 0 Å². The molecule has 0 saturated heterocycles. The van der Waals surface area contributed by atoms with Crippen molar-refractivity contribution in [3.8, 4) is 0 Å². The van der Waals surface area contributed by atoms with Gasteiger partial charge in [-0.05, 0) is 30.5 Å². The molecule has 0 radical (unpaired) electrons. The predicted molar refractivity (Wildman–Crippen MR) is 57.4 cm³/mol. The summed E-state index contributed by atoms with van der Waals surface area (Å²) in [5, 5.41) is 12.7. The van der Waals surface area contributed by atoms with E-state index in [1.54, 1.807) is 0 Å². The zero-order valence-electron chi connectivity index (χ0n) is 9.47. The molecule has 1 atom stereocenters. The minimum atomic E-state index is -4.67. The second-order valence-electron chi connectivity index (χ2n) is 4.43. The molecule has 2 nitrogen and oxygen atoms in total. The predicted octanol–water partition coefficient (Wildman–Crippen LogP) is 2.63. The van der Waals surface area contributed by atoms with E-state index >= 15 is 0 Å². The lowest BCUT2D eigenvalue weighted by Gasteiger charge is -2.18. The van der Waals surface area contributed by atoms with Gasteiger partial charge in [-0.3, -0.25) is 0 Å². The minimum absolute atomic E-state index is 0.0411. The van der Waals surface area contributed by atoms with E-state index in [4.69, 9.17) is 0 Å². The Labute approximate surface area is 102 Å². The van der Waals surface area contributed by atoms with Gasteiger partial charge in [-0.15, -0.1) is 0 Å². The Morgan fingerprint density at radius 2 is 2.00 bits per heavy atom. The zero-order valence-corrected chi connectivity index (χ0v) is 9.47. The summed E-state index contributed by atoms with van der Waals surface area (Å²) in [5.41, 5.74) is -1.41. The van der Waals surface area contributed by atoms with Gasteiger partial charge in [0.1, 0.15) is 5.82 Å². The van der Waals surface area contributed by atoms with Gasteiger partial charge in [0.25, 0.3) is 0 Å². The molecule has 100 valence electrons. The van der Waals surface area contributed by atoms with E-state index in [-0.39, 0.29) is 18.2 Å². The van der Waals surface area contributed by atoms with Crippen molar-refractivity contribution < 1.29 is 22.7 Å². The lowest BCUT2D eigenvalue weighted by molar-refractivity contribution is -0.139. The van der Waals surface area contributed by atoms with Crippen molar-refractivity contribution in [2.24, 2.45) is 0 Å². The molecule has 0 aromatic heterocycles. The Hall–Kier alpha value is -1.14. The van der Waals surface area contributed by atoms with Gasteiger partial charge >= 0.3 is 6.18 Å². The Morgan fingerprint density at radius 3 is 2.56 bits per heavy atom. The fourth-order valence-corrected chi connectivity index (χ4v) is 1.74. The molecule has 1 aromatic carbocycles. The van der Waals surface area contributed by atoms with E-state index < -0.39 is 23.7 Å². The lowest BCUT2D eigenvalue weighted by Crippen LogP contribution is -2.25. The quantitative estimate of drug-likeness (QED) is 0.818. The van der Waals surface area contributed by atoms with Crippen LogP contribution in [0.4, 0.5) is 17.6 Å². The SMILES string of the molecule is OC(CNC1CC1)c1ccc(F)cc1C(F)(F)F. The van der Waals surface area contributed by atoms with Crippen molar-refractivity contribution in [2.45, 2.75) is 31.2 Å². The van der Waals surface area contributed by atoms with Crippen molar-refractivity contribution in [3.63, 3.8) is 0 Å². The van der Waals surface area contributed by atoms with Crippen LogP contribution >= 0.6 is 0 Å². The zero-order chi connectivity index (χ0) is 13.3. The minimum Gasteiger partial charge on any atom is -0.387 e. The van der Waals surface area contributed by atoms with Crippen LogP contribution in [0.25, 0.3) is 0 Å². The average Bonchev–Trinajstić information content (AvgIpc) is 3.08. The molecule has 1 unspecified atom stereocenters. The molecule has 1 aliphatic carbocycles. The fourth-order valence-electron chi connectivity index (χ4n) is 1.74. The second-order valence-corrected chi connectivity index (χ2v) is 4.43. The van der Waals surface area contributed by atoms with Gasteiger partial charge in [-0.1, -0.05) is 6.07 Å². The largest absolute Gasteiger partial charge is 0.416 e. The summed E-state index contributed by atoms with van der Waals surface area (Å²) >= 11 is 0. The maximum Gasteiger partial charge on any atom is 0.416 e. The van der Waals surface area contributed by atoms with Crippen molar-refractivity contribution >= 4 is 0 Å². The third-order valence-electron chi connectivity index (χ3n) is 2.86. The molecule has 2 rings (SSSR count). The number of nitrogens with one attached hydrogen (secondary N) is 1. The highest BCUT2D eigenvalue weighted by atomic mass is 19.4. The maximum absolute atomic E-state index is 12.9. The fraction of sp³-hybridized carbons (Fsp3) is 0.500. The molecule has 6 heteroatoms. The third-order valence-corrected chi connectivity index (χ3v) is 2.86. The number of alkyl halides is 3. The van der Waals surface area contributed by atoms with E-state index in [2.05, 4.69) is 5.32 Å². The highest BCUT2D eigenvalue weighted by Crippen LogP contribution is 2.35. The summed E-state index contributed by atoms with van der Waals surface area (Å²) in [6, 6.07) is 2.60. The second kappa shape index (κ2) is 4.85. The third kappa shape index (κ3) is 3.20. The van der Waals surface area contributed by atoms with Gasteiger partial charge in [0.05, 0.1) is 11.7 Å². The first-order chi connectivity index (χ1) is 8.38. The molecule has 0 aliphatic heterocycles. The van der Waals surface area contributed by atoms with Crippen LogP contribution in [0.3, 0.4) is 0 Å². The van der Waals surface area contributed by atoms with Crippen LogP contribution < -0.4 is 5.32 Å². The molecule has 0 heterocycles. The first-order valence-electron chi connectivity index (χ1n) is 5.66. The van der Waals surface area contributed by atoms with E-state index in [0.29, 0.717) is 6.07 Å². The van der Waals surface area contributed by atoms with Gasteiger partial charge in [-0.2, -0.15) is 13.2 Å². The Bertz CT molecular complexity index is 429. The van der Waals surface area contributed by atoms with Crippen LogP contribution in [0.2, 0.25) is 0 Å². The van der Waals surface area contributed by atoms with Crippen molar-refractivity contribution in [3.05, 3.63) is 35.1 Å². The highest BCUT2D eigenvalue weighted by Gasteiger charge is 2.35. The first kappa shape index (κ1) is 13.3. The van der Waals surface area contributed by atoms with Crippen LogP contribution in [-0.2, 0) is 6.18 Å². The monoisotopic (exact) mass is 263 g/mol. The van der Waals surface area contributed by atoms with E-state index in [1.807, 2.05) is 0 Å². The van der Waals surface area contributed by atoms with Crippen LogP contribution in [0.15, 0.2) is 18.2 Å². The first-order valence-corrected chi connectivity index (χ1v) is 5.66. The average molecular weight is 263 g/mol. The molecule has 1 aromatic rings. The molecular weight excluding hydrogens is 250 g/mol. The molecule has 2 N–H and O–H groups in total. The number of hydrogen-bond acceptors (Lipinski definition) is 2. The molecule has 0 spiro atoms. The Morgan fingerprint density at radius 1 is 1.33 bits per heavy atom. The van der Waals surface area contributed by atoms with Gasteiger partial charge in [0.15, 0.2) is 0 Å². The van der Waals surface area contributed by atoms with Gasteiger partial charge < -0.3 is 10.4 Å². The number of benzene rings is 1. The van der Waals surface area contributed by atoms with Crippen LogP contribution in [0.1, 0.15) is 30.1 Å². The summed E-state index contributed by atoms with van der Waals surface area (Å²) in [6.45, 7) is 0.0411. The topological polar surface area (TPSA) is 32.3 Å². The van der Waals surface area contributed by atoms with Gasteiger partial charge in [-0.25, -0.2) is 4.39 Å². The molecule has 1 saturated carbocycles. The van der Waals surface area contributed by atoms with Gasteiger partial charge in [0.2, 0.25) is 0 Å². The highest BCUT2D eigenvalue weighted by molar-refractivity contribution is 5.32. The lowest BCUT2D eigenvalue weighted by atomic mass is 10.0. The number of rotatable bonds is 4. The van der Waals surface area contributed by atoms with Crippen LogP contribution in [-0.4, -0.2) is 17.7 Å². The van der Waals surface area contributed by atoms with E-state index in [0.717, 1.165) is 25.0 Å². The summed E-state index contributed by atoms with van der Waals surface area (Å²) in [5.74, 6) is -0.964. The van der Waals surface area contributed by atoms with Crippen LogP contribution in [0, 0.1) is 5.82 Å². The summed E-state index contributed by atoms with van der Waals surface area (Å²) in [6.07, 6.45) is -4.01. The van der Waals surface area contributed by atoms with Crippen molar-refractivity contribution in [2.75, 3.05) is 6.54 Å². The molecule has 0 bridgehead atoms. The Balaban J connectivity index is 2.19. The number of aliphatic hydroxyl groups is 1. The Kier molecular flexibility index (Phi) is 3.59. The van der Waals surface area contributed by atoms with Crippen molar-refractivity contribution in [1.82, 2.24) is 5.32 Å². The molecule has 18 heavy (non-hydrogen) atoms. The smallest absolute Gasteiger partial charge is 0.387 e. The normalized spacial score (nSPS) is 17.8. The molecular formula is C12H13F4NO. The molecule has 1 aliphatic rings. The summed E-state index contributed by atoms with van der Waals surface area (Å²) < 4.78 is 51.0. The van der Waals surface area contributed by atoms with E-state index in [9.17, 15) is 22.7 Å². The van der Waals surface area contributed by atoms with Gasteiger partial charge in [0, 0.05) is 12.6 Å².